The zero-order chi connectivity index (χ0) is 41.9. The van der Waals surface area contributed by atoms with Gasteiger partial charge in [-0.15, -0.1) is 0 Å². The Bertz CT molecular complexity index is 3590. The van der Waals surface area contributed by atoms with E-state index in [2.05, 4.69) is 204 Å². The first-order valence-electron chi connectivity index (χ1n) is 23.2. The van der Waals surface area contributed by atoms with Crippen LogP contribution >= 0.6 is 0 Å². The van der Waals surface area contributed by atoms with Gasteiger partial charge >= 0.3 is 0 Å². The van der Waals surface area contributed by atoms with Gasteiger partial charge in [-0.1, -0.05) is 127 Å². The lowest BCUT2D eigenvalue weighted by Gasteiger charge is -2.39. The van der Waals surface area contributed by atoms with Crippen LogP contribution in [0.15, 0.2) is 205 Å². The first-order chi connectivity index (χ1) is 31.6. The van der Waals surface area contributed by atoms with Gasteiger partial charge in [0.05, 0.1) is 11.0 Å². The van der Waals surface area contributed by atoms with Crippen LogP contribution in [0.25, 0.3) is 82.5 Å². The first kappa shape index (κ1) is 36.2. The summed E-state index contributed by atoms with van der Waals surface area (Å²) in [5.41, 5.74) is 15.4. The van der Waals surface area contributed by atoms with Gasteiger partial charge in [-0.05, 0) is 161 Å². The molecule has 0 amide bonds. The summed E-state index contributed by atoms with van der Waals surface area (Å²) in [6, 6.07) is 73.9. The fourth-order valence-electron chi connectivity index (χ4n) is 12.9. The van der Waals surface area contributed by atoms with Crippen LogP contribution in [-0.2, 0) is 5.41 Å². The second-order valence-electron chi connectivity index (χ2n) is 19.1. The lowest BCUT2D eigenvalue weighted by atomic mass is 9.66. The average molecular weight is 823 g/mol. The predicted molar refractivity (Wildman–Crippen MR) is 266 cm³/mol. The summed E-state index contributed by atoms with van der Waals surface area (Å²) in [6.45, 7) is 0. The van der Waals surface area contributed by atoms with E-state index < -0.39 is 0 Å². The van der Waals surface area contributed by atoms with Gasteiger partial charge < -0.3 is 13.9 Å². The van der Waals surface area contributed by atoms with Crippen LogP contribution in [0.2, 0.25) is 0 Å². The molecule has 2 aromatic heterocycles. The van der Waals surface area contributed by atoms with E-state index >= 15 is 0 Å². The number of hydrogen-bond acceptors (Lipinski definition) is 2. The molecule has 2 unspecified atom stereocenters. The number of furan rings is 1. The van der Waals surface area contributed by atoms with Crippen LogP contribution in [-0.4, -0.2) is 4.57 Å². The standard InChI is InChI=1S/C61H46N2O/c1-2-10-44-35-58-56(34-43(44)9-1)53-13-3-5-17-57(53)63(58)51-12-7-11-42(33-51)40-19-25-48(26-20-40)62(50-29-23-47(24-30-50)61-36-39-31-45(37-61)46(32-39)38-61)49-27-21-41(22-28-49)52-15-8-16-55-54-14-4-6-18-59(54)64-60(52)55/h1-30,33-35,39,45-46H,31-32,36-38H2/t39-,45-,46?,61?/m0/s1. The molecule has 4 saturated carbocycles. The van der Waals surface area contributed by atoms with Crippen LogP contribution in [0.5, 0.6) is 0 Å². The largest absolute Gasteiger partial charge is 0.455 e. The summed E-state index contributed by atoms with van der Waals surface area (Å²) in [7, 11) is 0. The Morgan fingerprint density at radius 2 is 1.08 bits per heavy atom. The Morgan fingerprint density at radius 1 is 0.453 bits per heavy atom. The van der Waals surface area contributed by atoms with Crippen LogP contribution in [0.1, 0.15) is 37.7 Å². The molecule has 306 valence electrons. The zero-order valence-corrected chi connectivity index (χ0v) is 35.6. The van der Waals surface area contributed by atoms with Gasteiger partial charge in [0.2, 0.25) is 0 Å². The molecule has 4 atom stereocenters. The third-order valence-electron chi connectivity index (χ3n) is 15.6. The van der Waals surface area contributed by atoms with Crippen LogP contribution < -0.4 is 4.90 Å². The van der Waals surface area contributed by atoms with Crippen molar-refractivity contribution < 1.29 is 4.42 Å². The number of fused-ring (bicyclic) bond motifs is 7. The summed E-state index contributed by atoms with van der Waals surface area (Å²) >= 11 is 0. The monoisotopic (exact) mass is 822 g/mol. The average Bonchev–Trinajstić information content (AvgIpc) is 4.05. The molecule has 3 nitrogen and oxygen atoms in total. The second kappa shape index (κ2) is 13.8. The van der Waals surface area contributed by atoms with Crippen molar-refractivity contribution in [2.45, 2.75) is 37.5 Å². The molecule has 4 aliphatic carbocycles. The van der Waals surface area contributed by atoms with Gasteiger partial charge in [-0.25, -0.2) is 0 Å². The smallest absolute Gasteiger partial charge is 0.143 e. The number of hydrogen-bond donors (Lipinski definition) is 0. The molecule has 4 aliphatic rings. The second-order valence-corrected chi connectivity index (χ2v) is 19.1. The molecule has 64 heavy (non-hydrogen) atoms. The molecule has 0 N–H and O–H groups in total. The minimum absolute atomic E-state index is 0.377. The highest BCUT2D eigenvalue weighted by Gasteiger charge is 2.56. The van der Waals surface area contributed by atoms with Gasteiger partial charge in [0.1, 0.15) is 11.2 Å². The molecule has 3 heteroatoms. The van der Waals surface area contributed by atoms with Crippen molar-refractivity contribution >= 4 is 71.6 Å². The Hall–Kier alpha value is -7.36. The summed E-state index contributed by atoms with van der Waals surface area (Å²) in [6.07, 6.45) is 7.08. The third kappa shape index (κ3) is 5.53. The van der Waals surface area contributed by atoms with E-state index in [1.54, 1.807) is 5.56 Å². The number of anilines is 3. The summed E-state index contributed by atoms with van der Waals surface area (Å²) < 4.78 is 8.89. The van der Waals surface area contributed by atoms with E-state index in [1.807, 2.05) is 6.07 Å². The van der Waals surface area contributed by atoms with E-state index in [0.717, 1.165) is 67.9 Å². The molecule has 4 fully saturated rings. The lowest BCUT2D eigenvalue weighted by molar-refractivity contribution is 0.229. The molecule has 2 heterocycles. The number of benzene rings is 9. The van der Waals surface area contributed by atoms with Gasteiger partial charge in [0, 0.05) is 49.9 Å². The maximum Gasteiger partial charge on any atom is 0.143 e. The lowest BCUT2D eigenvalue weighted by Crippen LogP contribution is -2.31. The van der Waals surface area contributed by atoms with E-state index in [0.29, 0.717) is 5.41 Å². The van der Waals surface area contributed by atoms with Crippen molar-refractivity contribution in [3.8, 4) is 27.9 Å². The highest BCUT2D eigenvalue weighted by Crippen LogP contribution is 2.65. The van der Waals surface area contributed by atoms with E-state index in [4.69, 9.17) is 4.42 Å². The Morgan fingerprint density at radius 3 is 1.83 bits per heavy atom. The van der Waals surface area contributed by atoms with Crippen LogP contribution in [0.4, 0.5) is 17.1 Å². The summed E-state index contributed by atoms with van der Waals surface area (Å²) in [4.78, 5) is 2.42. The minimum Gasteiger partial charge on any atom is -0.455 e. The first-order valence-corrected chi connectivity index (χ1v) is 23.2. The van der Waals surface area contributed by atoms with Crippen LogP contribution in [0, 0.1) is 17.8 Å². The molecule has 4 bridgehead atoms. The van der Waals surface area contributed by atoms with Gasteiger partial charge in [-0.3, -0.25) is 0 Å². The number of aromatic nitrogens is 1. The molecule has 0 aliphatic heterocycles. The molecule has 0 spiro atoms. The van der Waals surface area contributed by atoms with Gasteiger partial charge in [0.25, 0.3) is 0 Å². The van der Waals surface area contributed by atoms with Crippen molar-refractivity contribution in [3.63, 3.8) is 0 Å². The molecule has 0 radical (unpaired) electrons. The Balaban J connectivity index is 0.842. The van der Waals surface area contributed by atoms with E-state index in [9.17, 15) is 0 Å². The minimum atomic E-state index is 0.377. The summed E-state index contributed by atoms with van der Waals surface area (Å²) in [5.74, 6) is 2.82. The van der Waals surface area contributed by atoms with E-state index in [1.165, 1.54) is 81.5 Å². The quantitative estimate of drug-likeness (QED) is 0.160. The van der Waals surface area contributed by atoms with E-state index in [-0.39, 0.29) is 0 Å². The molecule has 9 aromatic carbocycles. The topological polar surface area (TPSA) is 21.3 Å². The maximum absolute atomic E-state index is 6.46. The molecule has 11 aromatic rings. The van der Waals surface area contributed by atoms with Gasteiger partial charge in [-0.2, -0.15) is 0 Å². The molecule has 15 rings (SSSR count). The number of rotatable bonds is 7. The SMILES string of the molecule is c1cc(-c2ccc(N(c3ccc(-c4cccc5c4oc4ccccc45)cc3)c3ccc(C45CC6C[C@H](C[C@H]6C4)C5)cc3)cc2)cc(-n2c3ccccc3c3cc4ccccc4cc32)c1. The van der Waals surface area contributed by atoms with Crippen molar-refractivity contribution in [2.75, 3.05) is 4.90 Å². The third-order valence-corrected chi connectivity index (χ3v) is 15.6. The Labute approximate surface area is 372 Å². The fourth-order valence-corrected chi connectivity index (χ4v) is 12.9. The molecule has 0 saturated heterocycles. The fraction of sp³-hybridized carbons (Fsp3) is 0.148. The Kier molecular flexibility index (Phi) is 7.81. The van der Waals surface area contributed by atoms with Crippen molar-refractivity contribution in [3.05, 3.63) is 206 Å². The zero-order valence-electron chi connectivity index (χ0n) is 35.6. The van der Waals surface area contributed by atoms with Crippen molar-refractivity contribution in [2.24, 2.45) is 17.8 Å². The van der Waals surface area contributed by atoms with Crippen molar-refractivity contribution in [1.29, 1.82) is 0 Å². The van der Waals surface area contributed by atoms with Crippen LogP contribution in [0.3, 0.4) is 0 Å². The summed E-state index contributed by atoms with van der Waals surface area (Å²) in [5, 5.41) is 7.36. The molecular formula is C61H46N2O. The van der Waals surface area contributed by atoms with Crippen molar-refractivity contribution in [1.82, 2.24) is 4.57 Å². The normalized spacial score (nSPS) is 20.1. The number of para-hydroxylation sites is 3. The number of nitrogens with zero attached hydrogens (tertiary/aromatic N) is 2. The highest BCUT2D eigenvalue weighted by atomic mass is 16.3. The highest BCUT2D eigenvalue weighted by molar-refractivity contribution is 6.14. The maximum atomic E-state index is 6.46. The van der Waals surface area contributed by atoms with Gasteiger partial charge in [0.15, 0.2) is 0 Å². The predicted octanol–water partition coefficient (Wildman–Crippen LogP) is 16.7. The molecular weight excluding hydrogens is 777 g/mol.